The average Bonchev–Trinajstić information content (AvgIpc) is 2.44. The highest BCUT2D eigenvalue weighted by atomic mass is 32.2. The number of anilines is 2. The number of rotatable bonds is 4. The lowest BCUT2D eigenvalue weighted by Crippen LogP contribution is -2.10. The van der Waals surface area contributed by atoms with Crippen LogP contribution in [0.5, 0.6) is 0 Å². The highest BCUT2D eigenvalue weighted by Gasteiger charge is 2.21. The molecule has 22 heavy (non-hydrogen) atoms. The number of carboxylic acids is 1. The molecule has 0 saturated heterocycles. The third-order valence-corrected chi connectivity index (χ3v) is 4.83. The van der Waals surface area contributed by atoms with Crippen LogP contribution in [0.1, 0.15) is 15.9 Å². The molecule has 0 saturated carbocycles. The summed E-state index contributed by atoms with van der Waals surface area (Å²) in [5.41, 5.74) is 10.6. The molecule has 0 amide bonds. The van der Waals surface area contributed by atoms with Crippen molar-refractivity contribution in [2.45, 2.75) is 10.6 Å². The number of aromatic carboxylic acids is 1. The first-order valence-corrected chi connectivity index (χ1v) is 7.76. The second-order valence-electron chi connectivity index (χ2n) is 4.63. The van der Waals surface area contributed by atoms with Gasteiger partial charge in [-0.1, -0.05) is 12.1 Å². The lowest BCUT2D eigenvalue weighted by atomic mass is 10.1. The van der Waals surface area contributed by atoms with Gasteiger partial charge in [0.2, 0.25) is 0 Å². The zero-order valence-electron chi connectivity index (χ0n) is 11.3. The summed E-state index contributed by atoms with van der Waals surface area (Å²) >= 11 is 0. The highest BCUT2D eigenvalue weighted by molar-refractivity contribution is 7.90. The molecule has 0 spiro atoms. The molecule has 0 aliphatic carbocycles. The monoisotopic (exact) mass is 324 g/mol. The molecular formula is C14H13FN2O4S. The maximum Gasteiger partial charge on any atom is 0.335 e. The van der Waals surface area contributed by atoms with E-state index in [0.717, 1.165) is 12.1 Å². The minimum absolute atomic E-state index is 0.0479. The smallest absolute Gasteiger partial charge is 0.335 e. The van der Waals surface area contributed by atoms with Crippen molar-refractivity contribution >= 4 is 27.2 Å². The van der Waals surface area contributed by atoms with Crippen LogP contribution >= 0.6 is 0 Å². The maximum absolute atomic E-state index is 13.2. The van der Waals surface area contributed by atoms with Crippen molar-refractivity contribution < 1.29 is 22.7 Å². The van der Waals surface area contributed by atoms with Gasteiger partial charge in [0, 0.05) is 0 Å². The molecule has 0 atom stereocenters. The van der Waals surface area contributed by atoms with Gasteiger partial charge in [-0.25, -0.2) is 17.6 Å². The van der Waals surface area contributed by atoms with Crippen LogP contribution < -0.4 is 11.5 Å². The van der Waals surface area contributed by atoms with Gasteiger partial charge in [-0.05, 0) is 29.8 Å². The molecule has 2 rings (SSSR count). The lowest BCUT2D eigenvalue weighted by molar-refractivity contribution is 0.0697. The molecular weight excluding hydrogens is 311 g/mol. The Kier molecular flexibility index (Phi) is 4.05. The number of carbonyl (C=O) groups is 1. The number of hydrogen-bond donors (Lipinski definition) is 3. The molecule has 0 aromatic heterocycles. The Morgan fingerprint density at radius 1 is 1.05 bits per heavy atom. The highest BCUT2D eigenvalue weighted by Crippen LogP contribution is 2.29. The van der Waals surface area contributed by atoms with Gasteiger partial charge in [-0.2, -0.15) is 0 Å². The number of halogens is 1. The van der Waals surface area contributed by atoms with Crippen molar-refractivity contribution in [2.24, 2.45) is 0 Å². The summed E-state index contributed by atoms with van der Waals surface area (Å²) in [4.78, 5) is 10.5. The third kappa shape index (κ3) is 3.01. The van der Waals surface area contributed by atoms with Crippen LogP contribution in [-0.4, -0.2) is 19.5 Å². The first kappa shape index (κ1) is 15.8. The normalized spacial score (nSPS) is 11.3. The quantitative estimate of drug-likeness (QED) is 0.580. The van der Waals surface area contributed by atoms with Crippen LogP contribution in [0.4, 0.5) is 15.8 Å². The van der Waals surface area contributed by atoms with Crippen LogP contribution in [0, 0.1) is 5.82 Å². The largest absolute Gasteiger partial charge is 0.478 e. The van der Waals surface area contributed by atoms with Gasteiger partial charge < -0.3 is 16.6 Å². The van der Waals surface area contributed by atoms with E-state index in [1.807, 2.05) is 0 Å². The number of nitrogens with two attached hydrogens (primary N) is 2. The number of nitrogen functional groups attached to an aromatic ring is 2. The second-order valence-corrected chi connectivity index (χ2v) is 6.59. The SMILES string of the molecule is Nc1c(F)ccc(S(=O)(=O)Cc2ccc(C(=O)O)cc2)c1N. The van der Waals surface area contributed by atoms with Crippen LogP contribution in [0.3, 0.4) is 0 Å². The van der Waals surface area contributed by atoms with E-state index in [1.54, 1.807) is 0 Å². The van der Waals surface area contributed by atoms with Crippen molar-refractivity contribution in [1.82, 2.24) is 0 Å². The zero-order valence-corrected chi connectivity index (χ0v) is 12.1. The Morgan fingerprint density at radius 2 is 1.64 bits per heavy atom. The van der Waals surface area contributed by atoms with Crippen molar-refractivity contribution in [3.05, 3.63) is 53.3 Å². The molecule has 116 valence electrons. The topological polar surface area (TPSA) is 123 Å². The Bertz CT molecular complexity index is 833. The second kappa shape index (κ2) is 5.64. The summed E-state index contributed by atoms with van der Waals surface area (Å²) in [6, 6.07) is 7.38. The lowest BCUT2D eigenvalue weighted by Gasteiger charge is -2.10. The van der Waals surface area contributed by atoms with Gasteiger partial charge in [0.1, 0.15) is 5.82 Å². The van der Waals surface area contributed by atoms with E-state index in [4.69, 9.17) is 16.6 Å². The van der Waals surface area contributed by atoms with E-state index in [1.165, 1.54) is 24.3 Å². The van der Waals surface area contributed by atoms with Gasteiger partial charge in [0.25, 0.3) is 0 Å². The average molecular weight is 324 g/mol. The summed E-state index contributed by atoms with van der Waals surface area (Å²) in [6.45, 7) is 0. The molecule has 0 radical (unpaired) electrons. The minimum atomic E-state index is -3.84. The number of carboxylic acid groups (broad SMARTS) is 1. The Balaban J connectivity index is 2.36. The molecule has 6 nitrogen and oxygen atoms in total. The van der Waals surface area contributed by atoms with Gasteiger partial charge >= 0.3 is 5.97 Å². The van der Waals surface area contributed by atoms with E-state index in [9.17, 15) is 17.6 Å². The fourth-order valence-electron chi connectivity index (χ4n) is 1.90. The molecule has 0 aliphatic heterocycles. The van der Waals surface area contributed by atoms with E-state index in [-0.39, 0.29) is 16.1 Å². The molecule has 0 bridgehead atoms. The molecule has 0 fully saturated rings. The van der Waals surface area contributed by atoms with E-state index < -0.39 is 33.1 Å². The fourth-order valence-corrected chi connectivity index (χ4v) is 3.41. The minimum Gasteiger partial charge on any atom is -0.478 e. The molecule has 5 N–H and O–H groups in total. The van der Waals surface area contributed by atoms with Gasteiger partial charge in [0.15, 0.2) is 9.84 Å². The van der Waals surface area contributed by atoms with Crippen LogP contribution in [0.25, 0.3) is 0 Å². The molecule has 0 heterocycles. The fraction of sp³-hybridized carbons (Fsp3) is 0.0714. The summed E-state index contributed by atoms with van der Waals surface area (Å²) in [5.74, 6) is -2.30. The Hall–Kier alpha value is -2.61. The standard InChI is InChI=1S/C14H13FN2O4S/c15-10-5-6-11(13(17)12(10)16)22(20,21)7-8-1-3-9(4-2-8)14(18)19/h1-6H,7,16-17H2,(H,18,19). The first-order chi connectivity index (χ1) is 10.2. The van der Waals surface area contributed by atoms with Crippen molar-refractivity contribution in [3.8, 4) is 0 Å². The van der Waals surface area contributed by atoms with Crippen molar-refractivity contribution in [3.63, 3.8) is 0 Å². The third-order valence-electron chi connectivity index (χ3n) is 3.09. The van der Waals surface area contributed by atoms with Crippen molar-refractivity contribution in [1.29, 1.82) is 0 Å². The predicted molar refractivity (Wildman–Crippen MR) is 79.5 cm³/mol. The Labute approximate surface area is 126 Å². The van der Waals surface area contributed by atoms with Gasteiger partial charge in [-0.3, -0.25) is 0 Å². The Morgan fingerprint density at radius 3 is 2.18 bits per heavy atom. The number of benzene rings is 2. The number of sulfone groups is 1. The van der Waals surface area contributed by atoms with Crippen LogP contribution in [0.15, 0.2) is 41.3 Å². The molecule has 2 aromatic rings. The molecule has 2 aromatic carbocycles. The van der Waals surface area contributed by atoms with E-state index in [2.05, 4.69) is 0 Å². The van der Waals surface area contributed by atoms with Gasteiger partial charge in [-0.15, -0.1) is 0 Å². The molecule has 8 heteroatoms. The van der Waals surface area contributed by atoms with E-state index in [0.29, 0.717) is 5.56 Å². The maximum atomic E-state index is 13.2. The molecule has 0 unspecified atom stereocenters. The van der Waals surface area contributed by atoms with Crippen LogP contribution in [0.2, 0.25) is 0 Å². The van der Waals surface area contributed by atoms with Crippen molar-refractivity contribution in [2.75, 3.05) is 11.5 Å². The summed E-state index contributed by atoms with van der Waals surface area (Å²) in [5, 5.41) is 8.80. The zero-order chi connectivity index (χ0) is 16.5. The first-order valence-electron chi connectivity index (χ1n) is 6.11. The summed E-state index contributed by atoms with van der Waals surface area (Å²) < 4.78 is 37.9. The molecule has 0 aliphatic rings. The summed E-state index contributed by atoms with van der Waals surface area (Å²) in [7, 11) is -3.84. The summed E-state index contributed by atoms with van der Waals surface area (Å²) in [6.07, 6.45) is 0. The number of hydrogen-bond acceptors (Lipinski definition) is 5. The van der Waals surface area contributed by atoms with Crippen LogP contribution in [-0.2, 0) is 15.6 Å². The van der Waals surface area contributed by atoms with Gasteiger partial charge in [0.05, 0.1) is 27.6 Å². The van der Waals surface area contributed by atoms with E-state index >= 15 is 0 Å². The predicted octanol–water partition coefficient (Wildman–Crippen LogP) is 1.66.